The van der Waals surface area contributed by atoms with Crippen molar-refractivity contribution in [3.8, 4) is 0 Å². The molecule has 4 fully saturated rings. The molecule has 440 valence electrons. The Hall–Kier alpha value is -0.824. The number of ether oxygens (including phenoxy) is 8. The van der Waals surface area contributed by atoms with E-state index in [4.69, 9.17) is 48.5 Å². The molecule has 0 bridgehead atoms. The van der Waals surface area contributed by atoms with Crippen molar-refractivity contribution in [2.45, 2.75) is 146 Å². The molecule has 9 rings (SSSR count). The van der Waals surface area contributed by atoms with Gasteiger partial charge < -0.3 is 48.5 Å². The summed E-state index contributed by atoms with van der Waals surface area (Å²) in [5, 5.41) is 16.9. The molecule has 4 heterocycles. The van der Waals surface area contributed by atoms with E-state index in [1.54, 1.807) is 10.8 Å². The topological polar surface area (TPSA) is 102 Å². The Morgan fingerprint density at radius 2 is 0.600 bits per heavy atom. The van der Waals surface area contributed by atoms with Gasteiger partial charge in [-0.05, 0) is 82.1 Å². The fourth-order valence-electron chi connectivity index (χ4n) is 8.94. The third-order valence-corrected chi connectivity index (χ3v) is 18.2. The van der Waals surface area contributed by atoms with Crippen LogP contribution in [0.25, 0.3) is 32.8 Å². The van der Waals surface area contributed by atoms with Gasteiger partial charge in [0.2, 0.25) is 0 Å². The molecule has 4 aromatic carbocycles. The number of hydrogen-bond donors (Lipinski definition) is 0. The van der Waals surface area contributed by atoms with Crippen molar-refractivity contribution in [3.63, 3.8) is 0 Å². The first-order valence-corrected chi connectivity index (χ1v) is 30.9. The SMILES string of the molecule is C1CCOC1.C1CCOC1.C1COCCOCCOCCOCCOCCO1.CC(C)(C)[C]1[P][C](C(C)(C)C)[P]1.CC(C)c1cccc(C(C)C)c1[N-]C1=C([N-]c2c(C(C)C)cccc2C(C)C)c2cccc3cccc1c23.[Fe].[K+]. The Labute approximate surface area is 542 Å². The molecule has 0 atom stereocenters. The van der Waals surface area contributed by atoms with Crippen LogP contribution in [-0.2, 0) is 55.0 Å². The number of para-hydroxylation sites is 2. The average Bonchev–Trinajstić information content (AvgIpc) is 4.42. The van der Waals surface area contributed by atoms with Crippen molar-refractivity contribution in [3.05, 3.63) is 128 Å². The Morgan fingerprint density at radius 3 is 0.812 bits per heavy atom. The second-order valence-corrected chi connectivity index (χ2v) is 26.4. The van der Waals surface area contributed by atoms with Crippen molar-refractivity contribution >= 4 is 50.7 Å². The van der Waals surface area contributed by atoms with Crippen molar-refractivity contribution in [2.75, 3.05) is 106 Å². The Balaban J connectivity index is 0.000000328. The molecule has 14 heteroatoms. The normalized spacial score (nSPS) is 18.6. The van der Waals surface area contributed by atoms with Crippen LogP contribution < -0.4 is 51.4 Å². The fraction of sp³-hybridized carbons (Fsp3) is 0.606. The van der Waals surface area contributed by atoms with E-state index in [0.29, 0.717) is 114 Å². The first-order valence-electron chi connectivity index (χ1n) is 29.2. The van der Waals surface area contributed by atoms with Crippen LogP contribution in [0.15, 0.2) is 72.8 Å². The maximum absolute atomic E-state index is 5.55. The second-order valence-electron chi connectivity index (χ2n) is 23.5. The standard InChI is InChI=1S/C36H40N2.C12H24O6.C10H18P2.2C4H8O.Fe.K/c1-21(2)26-15-11-16-27(22(3)4)33(26)37-35-30-19-9-13-25-14-10-20-31(32(25)30)36(35)38-34-28(23(5)6)17-12-18-29(34)24(7)8;1-2-14-5-6-16-9-10-18-12-11-17-8-7-15-4-3-13-1;1-9(2,3)7-11-8(12-7)10(4,5)6;2*1-2-4-5-3-1;;/h9-24H,1-8H3;1-12H2;1-6H3;2*1-4H2;;/q-2;;;;;;+1. The largest absolute Gasteiger partial charge is 1.00 e. The van der Waals surface area contributed by atoms with Gasteiger partial charge in [0.15, 0.2) is 0 Å². The molecule has 80 heavy (non-hydrogen) atoms. The summed E-state index contributed by atoms with van der Waals surface area (Å²) in [4.78, 5) is 0. The van der Waals surface area contributed by atoms with Crippen LogP contribution in [0.3, 0.4) is 0 Å². The number of rotatable bonds is 8. The summed E-state index contributed by atoms with van der Waals surface area (Å²) in [6, 6.07) is 26.5. The minimum absolute atomic E-state index is 0. The number of hydrogen-bond acceptors (Lipinski definition) is 8. The van der Waals surface area contributed by atoms with E-state index in [9.17, 15) is 0 Å². The molecule has 0 N–H and O–H groups in total. The van der Waals surface area contributed by atoms with Crippen LogP contribution in [-0.4, -0.2) is 106 Å². The molecule has 0 unspecified atom stereocenters. The van der Waals surface area contributed by atoms with E-state index in [2.05, 4.69) is 170 Å². The Bertz CT molecular complexity index is 2090. The molecule has 4 aliphatic heterocycles. The van der Waals surface area contributed by atoms with Crippen LogP contribution in [0.5, 0.6) is 0 Å². The summed E-state index contributed by atoms with van der Waals surface area (Å²) in [7, 11) is 3.04. The van der Waals surface area contributed by atoms with E-state index in [-0.39, 0.29) is 68.5 Å². The van der Waals surface area contributed by atoms with Crippen molar-refractivity contribution in [1.82, 2.24) is 0 Å². The van der Waals surface area contributed by atoms with Gasteiger partial charge in [0.1, 0.15) is 0 Å². The maximum Gasteiger partial charge on any atom is 1.00 e. The first kappa shape index (κ1) is 73.4. The molecule has 0 spiro atoms. The fourth-order valence-corrected chi connectivity index (χ4v) is 11.6. The quantitative estimate of drug-likeness (QED) is 0.127. The van der Waals surface area contributed by atoms with Crippen molar-refractivity contribution < 1.29 is 106 Å². The summed E-state index contributed by atoms with van der Waals surface area (Å²) in [5.41, 5.74) is 12.5. The summed E-state index contributed by atoms with van der Waals surface area (Å²) in [6.07, 6.45) is 5.11. The molecule has 4 saturated heterocycles. The zero-order chi connectivity index (χ0) is 56.5. The third-order valence-electron chi connectivity index (χ3n) is 13.4. The van der Waals surface area contributed by atoms with Gasteiger partial charge in [-0.1, -0.05) is 209 Å². The van der Waals surface area contributed by atoms with E-state index < -0.39 is 0 Å². The molecule has 1 aliphatic carbocycles. The van der Waals surface area contributed by atoms with Gasteiger partial charge in [0.05, 0.1) is 79.3 Å². The van der Waals surface area contributed by atoms with Crippen LogP contribution >= 0.6 is 17.2 Å². The van der Waals surface area contributed by atoms with Crippen LogP contribution in [0.2, 0.25) is 0 Å². The molecule has 0 aromatic heterocycles. The third kappa shape index (κ3) is 24.5. The van der Waals surface area contributed by atoms with Crippen LogP contribution in [0.1, 0.15) is 180 Å². The summed E-state index contributed by atoms with van der Waals surface area (Å²) < 4.78 is 41.9. The molecule has 4 aromatic rings. The smallest absolute Gasteiger partial charge is 0.658 e. The van der Waals surface area contributed by atoms with Gasteiger partial charge in [0.25, 0.3) is 0 Å². The minimum atomic E-state index is 0. The molecule has 5 aliphatic rings. The summed E-state index contributed by atoms with van der Waals surface area (Å²) >= 11 is 0. The van der Waals surface area contributed by atoms with Crippen molar-refractivity contribution in [1.29, 1.82) is 0 Å². The second kappa shape index (κ2) is 39.1. The number of benzene rings is 4. The van der Waals surface area contributed by atoms with Gasteiger partial charge in [-0.25, -0.2) is 0 Å². The predicted octanol–water partition coefficient (Wildman–Crippen LogP) is 15.5. The van der Waals surface area contributed by atoms with Crippen molar-refractivity contribution in [2.24, 2.45) is 10.8 Å². The van der Waals surface area contributed by atoms with Gasteiger partial charge in [0, 0.05) is 54.3 Å². The van der Waals surface area contributed by atoms with E-state index in [1.807, 2.05) is 0 Å². The molecular weight excluding hydrogens is 1110 g/mol. The Morgan fingerprint density at radius 1 is 0.362 bits per heavy atom. The molecule has 0 amide bonds. The monoisotopic (exact) mass is 1200 g/mol. The van der Waals surface area contributed by atoms with Crippen LogP contribution in [0.4, 0.5) is 11.4 Å². The van der Waals surface area contributed by atoms with Gasteiger partial charge >= 0.3 is 51.4 Å². The average molecular weight is 1200 g/mol. The maximum atomic E-state index is 5.55. The van der Waals surface area contributed by atoms with E-state index in [1.165, 1.54) is 87.0 Å². The first-order chi connectivity index (χ1) is 37.4. The Kier molecular flexibility index (Phi) is 35.9. The van der Waals surface area contributed by atoms with Gasteiger partial charge in [-0.15, -0.1) is 22.8 Å². The molecule has 4 radical (unpaired) electrons. The molecular formula is C66H98FeKN2O8P2-. The van der Waals surface area contributed by atoms with Gasteiger partial charge in [-0.3, -0.25) is 0 Å². The predicted molar refractivity (Wildman–Crippen MR) is 330 cm³/mol. The minimum Gasteiger partial charge on any atom is -0.658 e. The zero-order valence-electron chi connectivity index (χ0n) is 51.8. The number of nitrogens with zero attached hydrogens (tertiary/aromatic N) is 2. The van der Waals surface area contributed by atoms with E-state index in [0.717, 1.165) is 49.2 Å². The molecule has 0 saturated carbocycles. The van der Waals surface area contributed by atoms with Crippen LogP contribution in [0, 0.1) is 21.6 Å². The zero-order valence-corrected chi connectivity index (χ0v) is 57.8. The summed E-state index contributed by atoms with van der Waals surface area (Å²) in [5.74, 6) is 1.51. The molecule has 10 nitrogen and oxygen atoms in total. The van der Waals surface area contributed by atoms with Gasteiger partial charge in [-0.2, -0.15) is 0 Å². The summed E-state index contributed by atoms with van der Waals surface area (Å²) in [6.45, 7) is 43.0. The van der Waals surface area contributed by atoms with E-state index >= 15 is 0 Å².